The van der Waals surface area contributed by atoms with Crippen molar-refractivity contribution in [3.8, 4) is 17.0 Å². The van der Waals surface area contributed by atoms with E-state index in [-0.39, 0.29) is 17.0 Å². The number of halogens is 2. The second kappa shape index (κ2) is 10.3. The van der Waals surface area contributed by atoms with Crippen LogP contribution >= 0.6 is 0 Å². The van der Waals surface area contributed by atoms with Crippen LogP contribution < -0.4 is 10.1 Å². The third kappa shape index (κ3) is 5.29. The van der Waals surface area contributed by atoms with Crippen molar-refractivity contribution in [3.63, 3.8) is 0 Å². The Morgan fingerprint density at radius 2 is 1.95 bits per heavy atom. The fourth-order valence-electron chi connectivity index (χ4n) is 5.04. The van der Waals surface area contributed by atoms with Gasteiger partial charge in [-0.3, -0.25) is 4.98 Å². The van der Waals surface area contributed by atoms with Crippen molar-refractivity contribution >= 4 is 21.7 Å². The molecule has 0 spiro atoms. The van der Waals surface area contributed by atoms with Crippen molar-refractivity contribution in [3.05, 3.63) is 41.6 Å². The van der Waals surface area contributed by atoms with E-state index in [0.717, 1.165) is 48.9 Å². The molecule has 5 rings (SSSR count). The average molecular weight is 534 g/mol. The molecular formula is C24H29F2N7O3S. The van der Waals surface area contributed by atoms with Crippen LogP contribution in [0.3, 0.4) is 0 Å². The lowest BCUT2D eigenvalue weighted by Crippen LogP contribution is -2.44. The third-order valence-electron chi connectivity index (χ3n) is 6.99. The molecule has 1 saturated heterocycles. The Balaban J connectivity index is 1.42. The second-order valence-corrected chi connectivity index (χ2v) is 11.3. The van der Waals surface area contributed by atoms with Crippen LogP contribution in [0.5, 0.6) is 5.88 Å². The predicted molar refractivity (Wildman–Crippen MR) is 133 cm³/mol. The highest BCUT2D eigenvalue weighted by molar-refractivity contribution is 7.88. The highest BCUT2D eigenvalue weighted by Gasteiger charge is 2.33. The molecule has 198 valence electrons. The van der Waals surface area contributed by atoms with Crippen molar-refractivity contribution in [1.82, 2.24) is 29.4 Å². The molecule has 37 heavy (non-hydrogen) atoms. The summed E-state index contributed by atoms with van der Waals surface area (Å²) in [6.07, 6.45) is 5.60. The number of anilines is 2. The van der Waals surface area contributed by atoms with Gasteiger partial charge >= 0.3 is 6.61 Å². The summed E-state index contributed by atoms with van der Waals surface area (Å²) < 4.78 is 57.8. The Bertz CT molecular complexity index is 1370. The molecule has 0 saturated carbocycles. The summed E-state index contributed by atoms with van der Waals surface area (Å²) in [6.45, 7) is -2.16. The van der Waals surface area contributed by atoms with Crippen LogP contribution in [0.4, 0.5) is 20.4 Å². The van der Waals surface area contributed by atoms with Crippen LogP contribution in [0.1, 0.15) is 30.4 Å². The second-order valence-electron chi connectivity index (χ2n) is 9.44. The Kier molecular flexibility index (Phi) is 7.10. The average Bonchev–Trinajstić information content (AvgIpc) is 3.54. The summed E-state index contributed by atoms with van der Waals surface area (Å²) >= 11 is 0. The Labute approximate surface area is 214 Å². The maximum absolute atomic E-state index is 13.2. The number of nitrogens with one attached hydrogen (secondary N) is 2. The molecule has 13 heteroatoms. The fraction of sp³-hybridized carbons (Fsp3) is 0.458. The van der Waals surface area contributed by atoms with Gasteiger partial charge in [-0.05, 0) is 69.0 Å². The number of aryl methyl sites for hydroxylation is 1. The number of ether oxygens (including phenoxy) is 1. The van der Waals surface area contributed by atoms with Crippen molar-refractivity contribution in [2.75, 3.05) is 32.5 Å². The van der Waals surface area contributed by atoms with Gasteiger partial charge in [-0.15, -0.1) is 10.2 Å². The molecule has 10 nitrogen and oxygen atoms in total. The van der Waals surface area contributed by atoms with E-state index >= 15 is 0 Å². The normalized spacial score (nSPS) is 16.9. The molecule has 0 atom stereocenters. The summed E-state index contributed by atoms with van der Waals surface area (Å²) in [5.41, 5.74) is 4.31. The van der Waals surface area contributed by atoms with Gasteiger partial charge in [0.1, 0.15) is 0 Å². The summed E-state index contributed by atoms with van der Waals surface area (Å²) in [4.78, 5) is 8.80. The first-order chi connectivity index (χ1) is 17.7. The van der Waals surface area contributed by atoms with Crippen LogP contribution in [0, 0.1) is 0 Å². The van der Waals surface area contributed by atoms with Gasteiger partial charge in [0.05, 0.1) is 5.69 Å². The SMILES string of the molecule is CN(C)C1CCN(S(=O)(=O)c2nnc(Nc3c(-c4ccnc(OC(F)F)c4)ccc4c3CCC4)[nH]2)CC1. The number of hydrogen-bond acceptors (Lipinski definition) is 8. The van der Waals surface area contributed by atoms with Gasteiger partial charge in [-0.25, -0.2) is 13.4 Å². The van der Waals surface area contributed by atoms with Crippen molar-refractivity contribution < 1.29 is 21.9 Å². The number of nitrogens with zero attached hydrogens (tertiary/aromatic N) is 5. The molecule has 1 aliphatic heterocycles. The molecule has 0 unspecified atom stereocenters. The molecule has 3 heterocycles. The Morgan fingerprint density at radius 1 is 1.16 bits per heavy atom. The number of benzene rings is 1. The molecule has 0 bridgehead atoms. The van der Waals surface area contributed by atoms with Gasteiger partial charge in [0, 0.05) is 37.0 Å². The summed E-state index contributed by atoms with van der Waals surface area (Å²) in [5, 5.41) is 11.0. The van der Waals surface area contributed by atoms with E-state index in [4.69, 9.17) is 0 Å². The van der Waals surface area contributed by atoms with Gasteiger partial charge in [0.2, 0.25) is 11.8 Å². The number of fused-ring (bicyclic) bond motifs is 1. The van der Waals surface area contributed by atoms with Crippen LogP contribution in [-0.4, -0.2) is 77.6 Å². The highest BCUT2D eigenvalue weighted by Crippen LogP contribution is 2.39. The maximum Gasteiger partial charge on any atom is 0.388 e. The summed E-state index contributed by atoms with van der Waals surface area (Å²) in [6, 6.07) is 7.41. The summed E-state index contributed by atoms with van der Waals surface area (Å²) in [5.74, 6) is -0.00792. The van der Waals surface area contributed by atoms with Gasteiger partial charge in [0.25, 0.3) is 15.2 Å². The molecule has 2 N–H and O–H groups in total. The minimum Gasteiger partial charge on any atom is -0.417 e. The van der Waals surface area contributed by atoms with E-state index in [0.29, 0.717) is 24.7 Å². The number of alkyl halides is 2. The molecule has 1 fully saturated rings. The zero-order valence-electron chi connectivity index (χ0n) is 20.6. The number of pyridine rings is 1. The third-order valence-corrected chi connectivity index (χ3v) is 8.70. The first kappa shape index (κ1) is 25.5. The number of aromatic nitrogens is 4. The highest BCUT2D eigenvalue weighted by atomic mass is 32.2. The number of aromatic amines is 1. The van der Waals surface area contributed by atoms with Crippen LogP contribution in [0.15, 0.2) is 35.6 Å². The molecule has 2 aliphatic rings. The molecule has 3 aromatic rings. The topological polar surface area (TPSA) is 116 Å². The molecule has 0 radical (unpaired) electrons. The fourth-order valence-corrected chi connectivity index (χ4v) is 6.35. The Morgan fingerprint density at radius 3 is 2.68 bits per heavy atom. The number of sulfonamides is 1. The zero-order valence-corrected chi connectivity index (χ0v) is 21.4. The van der Waals surface area contributed by atoms with E-state index in [1.54, 1.807) is 6.07 Å². The largest absolute Gasteiger partial charge is 0.417 e. The number of piperidine rings is 1. The summed E-state index contributed by atoms with van der Waals surface area (Å²) in [7, 11) is 0.169. The van der Waals surface area contributed by atoms with E-state index in [2.05, 4.69) is 35.1 Å². The van der Waals surface area contributed by atoms with Crippen molar-refractivity contribution in [2.24, 2.45) is 0 Å². The van der Waals surface area contributed by atoms with Gasteiger partial charge in [-0.1, -0.05) is 12.1 Å². The lowest BCUT2D eigenvalue weighted by Gasteiger charge is -2.33. The van der Waals surface area contributed by atoms with E-state index < -0.39 is 16.6 Å². The molecule has 1 aromatic carbocycles. The van der Waals surface area contributed by atoms with E-state index in [9.17, 15) is 17.2 Å². The first-order valence-corrected chi connectivity index (χ1v) is 13.6. The quantitative estimate of drug-likeness (QED) is 0.453. The smallest absolute Gasteiger partial charge is 0.388 e. The number of hydrogen-bond donors (Lipinski definition) is 2. The van der Waals surface area contributed by atoms with Crippen molar-refractivity contribution in [1.29, 1.82) is 0 Å². The van der Waals surface area contributed by atoms with E-state index in [1.165, 1.54) is 22.1 Å². The molecular weight excluding hydrogens is 504 g/mol. The predicted octanol–water partition coefficient (Wildman–Crippen LogP) is 3.42. The first-order valence-electron chi connectivity index (χ1n) is 12.1. The molecule has 1 aliphatic carbocycles. The van der Waals surface area contributed by atoms with E-state index in [1.807, 2.05) is 26.2 Å². The minimum atomic E-state index is -3.82. The Hall–Kier alpha value is -3.16. The van der Waals surface area contributed by atoms with Gasteiger partial charge < -0.3 is 15.0 Å². The van der Waals surface area contributed by atoms with Crippen LogP contribution in [0.2, 0.25) is 0 Å². The molecule has 2 aromatic heterocycles. The lowest BCUT2D eigenvalue weighted by atomic mass is 9.98. The zero-order chi connectivity index (χ0) is 26.2. The van der Waals surface area contributed by atoms with Crippen LogP contribution in [0.25, 0.3) is 11.1 Å². The monoisotopic (exact) mass is 533 g/mol. The van der Waals surface area contributed by atoms with Gasteiger partial charge in [-0.2, -0.15) is 13.1 Å². The number of rotatable bonds is 8. The standard InChI is InChI=1S/C24H29F2N7O3S/c1-32(2)17-9-12-33(13-10-17)37(34,35)24-29-23(30-31-24)28-21-18-5-3-4-15(18)6-7-19(21)16-8-11-27-20(14-16)36-22(25)26/h6-8,11,14,17,22H,3-5,9-10,12-13H2,1-2H3,(H2,28,29,30,31). The molecule has 0 amide bonds. The number of H-pyrrole nitrogens is 1. The lowest BCUT2D eigenvalue weighted by molar-refractivity contribution is -0.0528. The van der Waals surface area contributed by atoms with Crippen LogP contribution in [-0.2, 0) is 22.9 Å². The van der Waals surface area contributed by atoms with Gasteiger partial charge in [0.15, 0.2) is 0 Å². The minimum absolute atomic E-state index is 0.182. The maximum atomic E-state index is 13.2. The van der Waals surface area contributed by atoms with Crippen molar-refractivity contribution in [2.45, 2.75) is 49.9 Å².